The number of sulfonamides is 1. The normalized spacial score (nSPS) is 29.5. The molecule has 2 aliphatic heterocycles. The summed E-state index contributed by atoms with van der Waals surface area (Å²) < 4.78 is 32.9. The van der Waals surface area contributed by atoms with Crippen molar-refractivity contribution in [2.75, 3.05) is 38.0 Å². The van der Waals surface area contributed by atoms with E-state index in [4.69, 9.17) is 4.74 Å². The molecule has 0 bridgehead atoms. The number of benzene rings is 1. The monoisotopic (exact) mass is 423 g/mol. The third kappa shape index (κ3) is 5.78. The maximum Gasteiger partial charge on any atom is 0.243 e. The molecule has 7 nitrogen and oxygen atoms in total. The minimum absolute atomic E-state index is 0.0715. The summed E-state index contributed by atoms with van der Waals surface area (Å²) >= 11 is 0. The van der Waals surface area contributed by atoms with E-state index in [1.54, 1.807) is 24.3 Å². The molecule has 8 heteroatoms. The van der Waals surface area contributed by atoms with Crippen LogP contribution in [0.1, 0.15) is 34.1 Å². The van der Waals surface area contributed by atoms with Crippen LogP contribution in [-0.4, -0.2) is 68.5 Å². The van der Waals surface area contributed by atoms with E-state index in [0.29, 0.717) is 37.2 Å². The Bertz CT molecular complexity index is 792. The summed E-state index contributed by atoms with van der Waals surface area (Å²) in [5.74, 6) is 1.13. The summed E-state index contributed by atoms with van der Waals surface area (Å²) in [5.41, 5.74) is 0.607. The maximum absolute atomic E-state index is 12.9. The molecule has 2 saturated heterocycles. The van der Waals surface area contributed by atoms with Gasteiger partial charge in [-0.15, -0.1) is 0 Å². The third-order valence-electron chi connectivity index (χ3n) is 5.47. The summed E-state index contributed by atoms with van der Waals surface area (Å²) in [6.45, 7) is 11.1. The van der Waals surface area contributed by atoms with E-state index in [-0.39, 0.29) is 23.0 Å². The first kappa shape index (κ1) is 22.2. The Kier molecular flexibility index (Phi) is 6.98. The standard InChI is InChI=1S/C21H33N3O4S/c1-15-9-16(2)11-23(10-15)14-21(25)22-19-5-7-20(8-6-19)29(26,27)24-12-17(3)28-18(4)13-24/h5-8,15-18H,9-14H2,1-4H3,(H,22,25). The number of carbonyl (C=O) groups is 1. The Morgan fingerprint density at radius 1 is 1.00 bits per heavy atom. The van der Waals surface area contributed by atoms with Crippen LogP contribution in [0, 0.1) is 11.8 Å². The minimum atomic E-state index is -3.58. The van der Waals surface area contributed by atoms with Crippen LogP contribution in [0.15, 0.2) is 29.2 Å². The molecule has 3 rings (SSSR count). The summed E-state index contributed by atoms with van der Waals surface area (Å²) in [6.07, 6.45) is 0.939. The van der Waals surface area contributed by atoms with Gasteiger partial charge >= 0.3 is 0 Å². The molecule has 2 aliphatic rings. The second-order valence-corrected chi connectivity index (χ2v) is 10.7. The topological polar surface area (TPSA) is 79.0 Å². The van der Waals surface area contributed by atoms with Crippen LogP contribution >= 0.6 is 0 Å². The molecule has 2 fully saturated rings. The molecule has 1 N–H and O–H groups in total. The molecule has 1 aromatic rings. The van der Waals surface area contributed by atoms with Crippen molar-refractivity contribution in [3.8, 4) is 0 Å². The van der Waals surface area contributed by atoms with E-state index in [0.717, 1.165) is 13.1 Å². The molecule has 0 radical (unpaired) electrons. The second kappa shape index (κ2) is 9.12. The van der Waals surface area contributed by atoms with E-state index in [1.165, 1.54) is 10.7 Å². The highest BCUT2D eigenvalue weighted by Crippen LogP contribution is 2.23. The lowest BCUT2D eigenvalue weighted by Crippen LogP contribution is -2.48. The third-order valence-corrected chi connectivity index (χ3v) is 7.32. The van der Waals surface area contributed by atoms with Crippen molar-refractivity contribution >= 4 is 21.6 Å². The first-order chi connectivity index (χ1) is 13.6. The number of piperidine rings is 1. The van der Waals surface area contributed by atoms with Crippen LogP contribution < -0.4 is 5.32 Å². The fourth-order valence-corrected chi connectivity index (χ4v) is 6.10. The zero-order valence-corrected chi connectivity index (χ0v) is 18.6. The lowest BCUT2D eigenvalue weighted by Gasteiger charge is -2.34. The highest BCUT2D eigenvalue weighted by molar-refractivity contribution is 7.89. The SMILES string of the molecule is CC1CC(C)CN(CC(=O)Nc2ccc(S(=O)(=O)N3CC(C)OC(C)C3)cc2)C1. The van der Waals surface area contributed by atoms with Gasteiger partial charge in [0.25, 0.3) is 0 Å². The van der Waals surface area contributed by atoms with Crippen molar-refractivity contribution in [2.45, 2.75) is 51.2 Å². The summed E-state index contributed by atoms with van der Waals surface area (Å²) in [4.78, 5) is 14.8. The van der Waals surface area contributed by atoms with Crippen molar-refractivity contribution in [3.63, 3.8) is 0 Å². The van der Waals surface area contributed by atoms with Gasteiger partial charge in [-0.05, 0) is 56.4 Å². The smallest absolute Gasteiger partial charge is 0.243 e. The van der Waals surface area contributed by atoms with E-state index in [1.807, 2.05) is 13.8 Å². The van der Waals surface area contributed by atoms with Crippen LogP contribution in [0.25, 0.3) is 0 Å². The molecule has 1 aromatic carbocycles. The lowest BCUT2D eigenvalue weighted by molar-refractivity contribution is -0.117. The molecule has 4 atom stereocenters. The van der Waals surface area contributed by atoms with Crippen LogP contribution in [0.5, 0.6) is 0 Å². The number of ether oxygens (including phenoxy) is 1. The molecule has 0 aromatic heterocycles. The first-order valence-electron chi connectivity index (χ1n) is 10.4. The molecular weight excluding hydrogens is 390 g/mol. The average molecular weight is 424 g/mol. The fourth-order valence-electron chi connectivity index (χ4n) is 4.51. The predicted molar refractivity (Wildman–Crippen MR) is 113 cm³/mol. The van der Waals surface area contributed by atoms with Gasteiger partial charge in [0.05, 0.1) is 23.6 Å². The van der Waals surface area contributed by atoms with Crippen molar-refractivity contribution in [2.24, 2.45) is 11.8 Å². The molecule has 1 amide bonds. The number of nitrogens with one attached hydrogen (secondary N) is 1. The van der Waals surface area contributed by atoms with Crippen molar-refractivity contribution in [1.82, 2.24) is 9.21 Å². The largest absolute Gasteiger partial charge is 0.373 e. The van der Waals surface area contributed by atoms with Gasteiger partial charge in [0.2, 0.25) is 15.9 Å². The Labute approximate surface area is 174 Å². The molecular formula is C21H33N3O4S. The van der Waals surface area contributed by atoms with Crippen molar-refractivity contribution in [3.05, 3.63) is 24.3 Å². The number of rotatable bonds is 5. The van der Waals surface area contributed by atoms with Crippen LogP contribution in [0.3, 0.4) is 0 Å². The lowest BCUT2D eigenvalue weighted by atomic mass is 9.92. The number of amides is 1. The maximum atomic E-state index is 12.9. The molecule has 29 heavy (non-hydrogen) atoms. The van der Waals surface area contributed by atoms with Crippen molar-refractivity contribution in [1.29, 1.82) is 0 Å². The zero-order valence-electron chi connectivity index (χ0n) is 17.8. The number of carbonyl (C=O) groups excluding carboxylic acids is 1. The van der Waals surface area contributed by atoms with Gasteiger partial charge in [0.15, 0.2) is 0 Å². The highest BCUT2D eigenvalue weighted by Gasteiger charge is 2.32. The van der Waals surface area contributed by atoms with Crippen LogP contribution in [0.2, 0.25) is 0 Å². The minimum Gasteiger partial charge on any atom is -0.373 e. The van der Waals surface area contributed by atoms with Gasteiger partial charge in [-0.1, -0.05) is 13.8 Å². The van der Waals surface area contributed by atoms with E-state index < -0.39 is 10.0 Å². The van der Waals surface area contributed by atoms with Gasteiger partial charge < -0.3 is 10.1 Å². The Hall–Kier alpha value is -1.48. The molecule has 0 aliphatic carbocycles. The summed E-state index contributed by atoms with van der Waals surface area (Å²) in [6, 6.07) is 6.42. The fraction of sp³-hybridized carbons (Fsp3) is 0.667. The number of hydrogen-bond acceptors (Lipinski definition) is 5. The van der Waals surface area contributed by atoms with E-state index in [9.17, 15) is 13.2 Å². The Balaban J connectivity index is 1.60. The van der Waals surface area contributed by atoms with Crippen LogP contribution in [0.4, 0.5) is 5.69 Å². The molecule has 4 unspecified atom stereocenters. The summed E-state index contributed by atoms with van der Waals surface area (Å²) in [7, 11) is -3.58. The van der Waals surface area contributed by atoms with Gasteiger partial charge in [-0.3, -0.25) is 9.69 Å². The number of morpholine rings is 1. The van der Waals surface area contributed by atoms with E-state index in [2.05, 4.69) is 24.1 Å². The van der Waals surface area contributed by atoms with Crippen LogP contribution in [-0.2, 0) is 19.6 Å². The quantitative estimate of drug-likeness (QED) is 0.787. The second-order valence-electron chi connectivity index (χ2n) is 8.79. The number of anilines is 1. The first-order valence-corrected chi connectivity index (χ1v) is 11.9. The number of likely N-dealkylation sites (tertiary alicyclic amines) is 1. The Morgan fingerprint density at radius 3 is 2.10 bits per heavy atom. The Morgan fingerprint density at radius 2 is 1.55 bits per heavy atom. The van der Waals surface area contributed by atoms with Gasteiger partial charge in [-0.25, -0.2) is 8.42 Å². The molecule has 0 spiro atoms. The van der Waals surface area contributed by atoms with Gasteiger partial charge in [-0.2, -0.15) is 4.31 Å². The van der Waals surface area contributed by atoms with Gasteiger partial charge in [0, 0.05) is 31.9 Å². The predicted octanol–water partition coefficient (Wildman–Crippen LogP) is 2.40. The highest BCUT2D eigenvalue weighted by atomic mass is 32.2. The molecule has 2 heterocycles. The van der Waals surface area contributed by atoms with Crippen molar-refractivity contribution < 1.29 is 17.9 Å². The number of hydrogen-bond donors (Lipinski definition) is 1. The average Bonchev–Trinajstić information content (AvgIpc) is 2.60. The van der Waals surface area contributed by atoms with E-state index >= 15 is 0 Å². The summed E-state index contributed by atoms with van der Waals surface area (Å²) in [5, 5.41) is 2.88. The molecule has 162 valence electrons. The number of nitrogens with zero attached hydrogens (tertiary/aromatic N) is 2. The zero-order chi connectivity index (χ0) is 21.2. The molecule has 0 saturated carbocycles. The van der Waals surface area contributed by atoms with Gasteiger partial charge in [0.1, 0.15) is 0 Å².